The molecule has 192 valence electrons. The van der Waals surface area contributed by atoms with Crippen molar-refractivity contribution < 1.29 is 28.6 Å². The van der Waals surface area contributed by atoms with Crippen LogP contribution in [0.2, 0.25) is 0 Å². The minimum absolute atomic E-state index is 0.0113. The molecule has 1 heterocycles. The summed E-state index contributed by atoms with van der Waals surface area (Å²) in [5.74, 6) is -1.42. The molecule has 1 saturated heterocycles. The standard InChI is InChI=1S/C26H31FN4O5/c1-3-29-9-8-24(28)30-25(33)19-12-20(35-17(2)16-32)15-21(13-19)36-23-7-6-18(14-22(23)27)26(34)31-10-4-5-11-31/h6-9,12-15,17,29,32H,3-5,10-11,16H2,1-2H3,(H2,28,30,33)/b9-8-/t17-/m0/s1. The molecule has 1 atom stereocenters. The summed E-state index contributed by atoms with van der Waals surface area (Å²) < 4.78 is 26.2. The molecule has 2 aromatic rings. The lowest BCUT2D eigenvalue weighted by Crippen LogP contribution is -2.27. The summed E-state index contributed by atoms with van der Waals surface area (Å²) in [5, 5.41) is 12.3. The monoisotopic (exact) mass is 498 g/mol. The number of hydrogen-bond acceptors (Lipinski definition) is 6. The van der Waals surface area contributed by atoms with Gasteiger partial charge in [0.2, 0.25) is 0 Å². The number of nitrogens with two attached hydrogens (primary N) is 1. The van der Waals surface area contributed by atoms with Crippen LogP contribution < -0.4 is 20.5 Å². The molecule has 0 spiro atoms. The van der Waals surface area contributed by atoms with Crippen LogP contribution in [0.1, 0.15) is 47.4 Å². The average molecular weight is 499 g/mol. The molecule has 4 N–H and O–H groups in total. The van der Waals surface area contributed by atoms with E-state index in [9.17, 15) is 19.1 Å². The fourth-order valence-corrected chi connectivity index (χ4v) is 3.52. The summed E-state index contributed by atoms with van der Waals surface area (Å²) in [4.78, 5) is 30.8. The minimum atomic E-state index is -0.723. The number of nitrogens with zero attached hydrogens (tertiary/aromatic N) is 2. The van der Waals surface area contributed by atoms with Crippen LogP contribution in [-0.2, 0) is 0 Å². The van der Waals surface area contributed by atoms with Gasteiger partial charge in [0, 0.05) is 43.0 Å². The number of aliphatic imine (C=N–C) groups is 1. The lowest BCUT2D eigenvalue weighted by atomic mass is 10.1. The van der Waals surface area contributed by atoms with Crippen LogP contribution in [0.15, 0.2) is 53.7 Å². The first kappa shape index (κ1) is 26.7. The Morgan fingerprint density at radius 2 is 1.92 bits per heavy atom. The number of ether oxygens (including phenoxy) is 2. The highest BCUT2D eigenvalue weighted by Crippen LogP contribution is 2.31. The molecule has 1 aliphatic rings. The first-order valence-corrected chi connectivity index (χ1v) is 11.8. The molecule has 1 aliphatic heterocycles. The molecule has 9 nitrogen and oxygen atoms in total. The molecular formula is C26H31FN4O5. The lowest BCUT2D eigenvalue weighted by Gasteiger charge is -2.16. The van der Waals surface area contributed by atoms with Crippen molar-refractivity contribution in [2.45, 2.75) is 32.8 Å². The molecule has 0 radical (unpaired) electrons. The number of hydrogen-bond donors (Lipinski definition) is 3. The van der Waals surface area contributed by atoms with Crippen molar-refractivity contribution in [3.8, 4) is 17.2 Å². The number of halogens is 1. The van der Waals surface area contributed by atoms with E-state index in [0.717, 1.165) is 18.9 Å². The highest BCUT2D eigenvalue weighted by atomic mass is 19.1. The Bertz CT molecular complexity index is 1150. The second-order valence-electron chi connectivity index (χ2n) is 8.28. The maximum Gasteiger partial charge on any atom is 0.279 e. The predicted octanol–water partition coefficient (Wildman–Crippen LogP) is 3.23. The zero-order valence-electron chi connectivity index (χ0n) is 20.4. The fraction of sp³-hybridized carbons (Fsp3) is 0.346. The number of rotatable bonds is 10. The minimum Gasteiger partial charge on any atom is -0.488 e. The highest BCUT2D eigenvalue weighted by Gasteiger charge is 2.21. The summed E-state index contributed by atoms with van der Waals surface area (Å²) >= 11 is 0. The van der Waals surface area contributed by atoms with Gasteiger partial charge in [-0.2, -0.15) is 4.99 Å². The molecule has 2 aromatic carbocycles. The van der Waals surface area contributed by atoms with Gasteiger partial charge in [-0.3, -0.25) is 9.59 Å². The molecule has 0 bridgehead atoms. The van der Waals surface area contributed by atoms with E-state index in [4.69, 9.17) is 15.2 Å². The van der Waals surface area contributed by atoms with Gasteiger partial charge in [-0.05, 0) is 63.1 Å². The molecule has 0 aliphatic carbocycles. The Hall–Kier alpha value is -3.92. The molecule has 2 amide bonds. The van der Waals surface area contributed by atoms with E-state index in [2.05, 4.69) is 10.3 Å². The van der Waals surface area contributed by atoms with Gasteiger partial charge in [0.25, 0.3) is 11.8 Å². The Morgan fingerprint density at radius 1 is 1.19 bits per heavy atom. The predicted molar refractivity (Wildman–Crippen MR) is 134 cm³/mol. The van der Waals surface area contributed by atoms with Gasteiger partial charge in [-0.25, -0.2) is 4.39 Å². The van der Waals surface area contributed by atoms with Gasteiger partial charge >= 0.3 is 0 Å². The smallest absolute Gasteiger partial charge is 0.279 e. The van der Waals surface area contributed by atoms with Crippen molar-refractivity contribution in [1.82, 2.24) is 10.2 Å². The lowest BCUT2D eigenvalue weighted by molar-refractivity contribution is 0.0792. The summed E-state index contributed by atoms with van der Waals surface area (Å²) in [6.07, 6.45) is 4.33. The molecule has 36 heavy (non-hydrogen) atoms. The fourth-order valence-electron chi connectivity index (χ4n) is 3.52. The van der Waals surface area contributed by atoms with E-state index < -0.39 is 17.8 Å². The highest BCUT2D eigenvalue weighted by molar-refractivity contribution is 6.06. The Balaban J connectivity index is 1.86. The van der Waals surface area contributed by atoms with Gasteiger partial charge in [0.1, 0.15) is 23.4 Å². The number of likely N-dealkylation sites (tertiary alicyclic amines) is 1. The third-order valence-corrected chi connectivity index (χ3v) is 5.33. The topological polar surface area (TPSA) is 126 Å². The third kappa shape index (κ3) is 7.29. The van der Waals surface area contributed by atoms with Crippen molar-refractivity contribution >= 4 is 17.6 Å². The largest absolute Gasteiger partial charge is 0.488 e. The zero-order valence-corrected chi connectivity index (χ0v) is 20.4. The van der Waals surface area contributed by atoms with Crippen LogP contribution in [0.5, 0.6) is 17.2 Å². The van der Waals surface area contributed by atoms with Gasteiger partial charge in [0.15, 0.2) is 11.6 Å². The van der Waals surface area contributed by atoms with Crippen molar-refractivity contribution in [1.29, 1.82) is 0 Å². The number of aliphatic hydroxyl groups excluding tert-OH is 1. The number of nitrogens with one attached hydrogen (secondary N) is 1. The number of aliphatic hydroxyl groups is 1. The molecule has 0 unspecified atom stereocenters. The molecule has 3 rings (SSSR count). The third-order valence-electron chi connectivity index (χ3n) is 5.33. The van der Waals surface area contributed by atoms with Crippen molar-refractivity contribution in [3.05, 3.63) is 65.6 Å². The maximum absolute atomic E-state index is 14.8. The quantitative estimate of drug-likeness (QED) is 0.339. The Morgan fingerprint density at radius 3 is 2.58 bits per heavy atom. The van der Waals surface area contributed by atoms with Crippen LogP contribution in [0.3, 0.4) is 0 Å². The van der Waals surface area contributed by atoms with Crippen molar-refractivity contribution in [2.75, 3.05) is 26.2 Å². The van der Waals surface area contributed by atoms with E-state index in [1.54, 1.807) is 18.0 Å². The van der Waals surface area contributed by atoms with Gasteiger partial charge in [-0.1, -0.05) is 0 Å². The molecule has 0 aromatic heterocycles. The molecule has 10 heteroatoms. The van der Waals surface area contributed by atoms with Gasteiger partial charge in [-0.15, -0.1) is 0 Å². The number of carbonyl (C=O) groups is 2. The molecule has 1 fully saturated rings. The van der Waals surface area contributed by atoms with E-state index in [1.165, 1.54) is 36.4 Å². The second kappa shape index (κ2) is 12.7. The Kier molecular flexibility index (Phi) is 9.40. The summed E-state index contributed by atoms with van der Waals surface area (Å²) in [5.41, 5.74) is 6.11. The van der Waals surface area contributed by atoms with Crippen molar-refractivity contribution in [2.24, 2.45) is 10.7 Å². The number of amidine groups is 1. The van der Waals surface area contributed by atoms with Crippen LogP contribution in [0.25, 0.3) is 0 Å². The molecular weight excluding hydrogens is 467 g/mol. The van der Waals surface area contributed by atoms with Crippen LogP contribution in [-0.4, -0.2) is 60.0 Å². The Labute approximate surface area is 209 Å². The van der Waals surface area contributed by atoms with Gasteiger partial charge < -0.3 is 30.5 Å². The summed E-state index contributed by atoms with van der Waals surface area (Å²) in [6.45, 7) is 5.30. The van der Waals surface area contributed by atoms with Gasteiger partial charge in [0.05, 0.1) is 6.61 Å². The van der Waals surface area contributed by atoms with Crippen LogP contribution in [0.4, 0.5) is 4.39 Å². The molecule has 0 saturated carbocycles. The first-order valence-electron chi connectivity index (χ1n) is 11.8. The van der Waals surface area contributed by atoms with E-state index in [1.807, 2.05) is 6.92 Å². The van der Waals surface area contributed by atoms with Crippen LogP contribution >= 0.6 is 0 Å². The first-order chi connectivity index (χ1) is 17.3. The van der Waals surface area contributed by atoms with E-state index in [0.29, 0.717) is 19.6 Å². The number of amides is 2. The van der Waals surface area contributed by atoms with Crippen molar-refractivity contribution in [3.63, 3.8) is 0 Å². The maximum atomic E-state index is 14.8. The van der Waals surface area contributed by atoms with Crippen LogP contribution in [0, 0.1) is 5.82 Å². The number of carbonyl (C=O) groups excluding carboxylic acids is 2. The second-order valence-corrected chi connectivity index (χ2v) is 8.28. The number of benzene rings is 2. The van der Waals surface area contributed by atoms with E-state index >= 15 is 0 Å². The van der Waals surface area contributed by atoms with E-state index in [-0.39, 0.29) is 46.7 Å². The summed E-state index contributed by atoms with van der Waals surface area (Å²) in [7, 11) is 0. The summed E-state index contributed by atoms with van der Waals surface area (Å²) in [6, 6.07) is 8.28. The normalized spacial score (nSPS) is 14.7. The SMILES string of the molecule is CCN/C=C\C(N)=NC(=O)c1cc(Oc2ccc(C(=O)N3CCCC3)cc2F)cc(O[C@@H](C)CO)c1. The average Bonchev–Trinajstić information content (AvgIpc) is 3.40. The zero-order chi connectivity index (χ0) is 26.1.